The summed E-state index contributed by atoms with van der Waals surface area (Å²) in [6.45, 7) is 0.451. The molecule has 0 atom stereocenters. The number of phenolic OH excluding ortho intramolecular Hbond substituents is 1. The van der Waals surface area contributed by atoms with Crippen LogP contribution in [0.15, 0.2) is 40.9 Å². The van der Waals surface area contributed by atoms with Crippen LogP contribution in [-0.2, 0) is 16.8 Å². The Morgan fingerprint density at radius 2 is 1.96 bits per heavy atom. The van der Waals surface area contributed by atoms with Gasteiger partial charge in [-0.15, -0.1) is 0 Å². The molecule has 0 saturated heterocycles. The minimum atomic E-state index is -0.441. The summed E-state index contributed by atoms with van der Waals surface area (Å²) >= 11 is 3.44. The fourth-order valence-corrected chi connectivity index (χ4v) is 4.23. The van der Waals surface area contributed by atoms with Gasteiger partial charge in [0.2, 0.25) is 5.91 Å². The molecule has 1 N–H and O–H groups in total. The van der Waals surface area contributed by atoms with Crippen molar-refractivity contribution < 1.29 is 14.6 Å². The quantitative estimate of drug-likeness (QED) is 0.860. The first-order chi connectivity index (χ1) is 11.5. The monoisotopic (exact) mass is 387 g/mol. The lowest BCUT2D eigenvalue weighted by Crippen LogP contribution is -2.44. The van der Waals surface area contributed by atoms with Crippen molar-refractivity contribution in [1.29, 1.82) is 0 Å². The molecule has 0 bridgehead atoms. The molecule has 5 heteroatoms. The number of phenols is 1. The van der Waals surface area contributed by atoms with E-state index in [9.17, 15) is 9.90 Å². The number of halogens is 1. The van der Waals surface area contributed by atoms with Crippen molar-refractivity contribution in [1.82, 2.24) is 0 Å². The molecule has 1 aliphatic heterocycles. The molecule has 0 radical (unpaired) electrons. The van der Waals surface area contributed by atoms with Crippen molar-refractivity contribution in [3.05, 3.63) is 52.0 Å². The maximum atomic E-state index is 13.1. The number of fused-ring (bicyclic) bond motifs is 2. The molecule has 1 aliphatic carbocycles. The van der Waals surface area contributed by atoms with E-state index in [-0.39, 0.29) is 11.7 Å². The first-order valence-corrected chi connectivity index (χ1v) is 8.82. The van der Waals surface area contributed by atoms with Gasteiger partial charge in [0.25, 0.3) is 0 Å². The van der Waals surface area contributed by atoms with Crippen LogP contribution in [0.2, 0.25) is 0 Å². The molecule has 2 aliphatic rings. The van der Waals surface area contributed by atoms with Crippen LogP contribution in [0.1, 0.15) is 30.4 Å². The second-order valence-corrected chi connectivity index (χ2v) is 7.41. The first kappa shape index (κ1) is 15.5. The summed E-state index contributed by atoms with van der Waals surface area (Å²) in [7, 11) is 1.63. The molecule has 1 spiro atoms. The van der Waals surface area contributed by atoms with Gasteiger partial charge in [-0.1, -0.05) is 34.5 Å². The van der Waals surface area contributed by atoms with Crippen LogP contribution in [-0.4, -0.2) is 18.1 Å². The van der Waals surface area contributed by atoms with E-state index >= 15 is 0 Å². The molecule has 4 rings (SSSR count). The predicted molar refractivity (Wildman–Crippen MR) is 95.5 cm³/mol. The van der Waals surface area contributed by atoms with Gasteiger partial charge in [0.15, 0.2) is 0 Å². The lowest BCUT2D eigenvalue weighted by Gasteiger charge is -2.37. The van der Waals surface area contributed by atoms with E-state index in [0.717, 1.165) is 40.6 Å². The first-order valence-electron chi connectivity index (χ1n) is 8.03. The van der Waals surface area contributed by atoms with Crippen LogP contribution in [0.25, 0.3) is 0 Å². The SMILES string of the molecule is COc1ccc(CN2C(=O)C3(CCC3)c3cc(Br)cc(O)c32)cc1. The van der Waals surface area contributed by atoms with Crippen LogP contribution in [0.3, 0.4) is 0 Å². The Bertz CT molecular complexity index is 812. The van der Waals surface area contributed by atoms with E-state index in [1.54, 1.807) is 18.1 Å². The normalized spacial score (nSPS) is 17.8. The average molecular weight is 388 g/mol. The molecule has 1 saturated carbocycles. The minimum absolute atomic E-state index is 0.105. The number of carbonyl (C=O) groups is 1. The number of hydrogen-bond donors (Lipinski definition) is 1. The van der Waals surface area contributed by atoms with Gasteiger partial charge >= 0.3 is 0 Å². The lowest BCUT2D eigenvalue weighted by atomic mass is 9.65. The minimum Gasteiger partial charge on any atom is -0.506 e. The Morgan fingerprint density at radius 3 is 2.54 bits per heavy atom. The third-order valence-corrected chi connectivity index (χ3v) is 5.66. The largest absolute Gasteiger partial charge is 0.506 e. The number of aromatic hydroxyl groups is 1. The Balaban J connectivity index is 1.75. The Morgan fingerprint density at radius 1 is 1.25 bits per heavy atom. The Hall–Kier alpha value is -2.01. The Labute approximate surface area is 149 Å². The lowest BCUT2D eigenvalue weighted by molar-refractivity contribution is -0.126. The molecular weight excluding hydrogens is 370 g/mol. The summed E-state index contributed by atoms with van der Waals surface area (Å²) < 4.78 is 5.99. The number of hydrogen-bond acceptors (Lipinski definition) is 3. The number of benzene rings is 2. The zero-order valence-corrected chi connectivity index (χ0v) is 15.0. The molecule has 24 heavy (non-hydrogen) atoms. The second-order valence-electron chi connectivity index (χ2n) is 6.50. The average Bonchev–Trinajstić information content (AvgIpc) is 2.77. The molecule has 2 aromatic carbocycles. The van der Waals surface area contributed by atoms with Gasteiger partial charge in [0.1, 0.15) is 11.5 Å². The van der Waals surface area contributed by atoms with Gasteiger partial charge in [-0.05, 0) is 48.2 Å². The van der Waals surface area contributed by atoms with Crippen LogP contribution in [0.5, 0.6) is 11.5 Å². The summed E-state index contributed by atoms with van der Waals surface area (Å²) in [5, 5.41) is 10.5. The van der Waals surface area contributed by atoms with Crippen LogP contribution in [0.4, 0.5) is 5.69 Å². The predicted octanol–water partition coefficient (Wildman–Crippen LogP) is 4.13. The summed E-state index contributed by atoms with van der Waals surface area (Å²) in [6, 6.07) is 11.3. The fourth-order valence-electron chi connectivity index (χ4n) is 3.79. The molecule has 2 aromatic rings. The van der Waals surface area contributed by atoms with Crippen molar-refractivity contribution in [2.75, 3.05) is 12.0 Å². The smallest absolute Gasteiger partial charge is 0.238 e. The molecule has 1 fully saturated rings. The number of methoxy groups -OCH3 is 1. The second kappa shape index (κ2) is 5.52. The molecule has 4 nitrogen and oxygen atoms in total. The van der Waals surface area contributed by atoms with E-state index in [1.807, 2.05) is 30.3 Å². The third-order valence-electron chi connectivity index (χ3n) is 5.20. The van der Waals surface area contributed by atoms with E-state index in [2.05, 4.69) is 15.9 Å². The standard InChI is InChI=1S/C19H18BrNO3/c1-24-14-5-3-12(4-6-14)11-21-17-15(9-13(20)10-16(17)22)19(18(21)23)7-2-8-19/h3-6,9-10,22H,2,7-8,11H2,1H3. The summed E-state index contributed by atoms with van der Waals surface area (Å²) in [6.07, 6.45) is 2.76. The number of ether oxygens (including phenoxy) is 1. The van der Waals surface area contributed by atoms with Gasteiger partial charge in [0, 0.05) is 4.47 Å². The highest BCUT2D eigenvalue weighted by Crippen LogP contribution is 2.56. The molecule has 1 heterocycles. The Kier molecular flexibility index (Phi) is 3.57. The van der Waals surface area contributed by atoms with Crippen molar-refractivity contribution in [3.63, 3.8) is 0 Å². The van der Waals surface area contributed by atoms with E-state index in [1.165, 1.54) is 0 Å². The number of rotatable bonds is 3. The van der Waals surface area contributed by atoms with E-state index < -0.39 is 5.41 Å². The van der Waals surface area contributed by atoms with Gasteiger partial charge in [-0.25, -0.2) is 0 Å². The van der Waals surface area contributed by atoms with Crippen molar-refractivity contribution in [3.8, 4) is 11.5 Å². The summed E-state index contributed by atoms with van der Waals surface area (Å²) in [5.41, 5.74) is 2.19. The van der Waals surface area contributed by atoms with Crippen LogP contribution >= 0.6 is 15.9 Å². The third kappa shape index (κ3) is 2.14. The molecule has 0 aromatic heterocycles. The highest BCUT2D eigenvalue weighted by molar-refractivity contribution is 9.10. The number of anilines is 1. The van der Waals surface area contributed by atoms with Crippen molar-refractivity contribution in [2.24, 2.45) is 0 Å². The van der Waals surface area contributed by atoms with Gasteiger partial charge in [-0.3, -0.25) is 4.79 Å². The van der Waals surface area contributed by atoms with Crippen molar-refractivity contribution in [2.45, 2.75) is 31.2 Å². The maximum Gasteiger partial charge on any atom is 0.238 e. The molecule has 0 unspecified atom stereocenters. The maximum absolute atomic E-state index is 13.1. The zero-order chi connectivity index (χ0) is 16.9. The molecule has 124 valence electrons. The number of nitrogens with zero attached hydrogens (tertiary/aromatic N) is 1. The zero-order valence-electron chi connectivity index (χ0n) is 13.4. The van der Waals surface area contributed by atoms with E-state index in [0.29, 0.717) is 12.2 Å². The van der Waals surface area contributed by atoms with Crippen LogP contribution in [0, 0.1) is 0 Å². The van der Waals surface area contributed by atoms with Gasteiger partial charge in [0.05, 0.1) is 24.8 Å². The van der Waals surface area contributed by atoms with Gasteiger partial charge < -0.3 is 14.7 Å². The highest BCUT2D eigenvalue weighted by Gasteiger charge is 2.55. The number of amides is 1. The van der Waals surface area contributed by atoms with Gasteiger partial charge in [-0.2, -0.15) is 0 Å². The fraction of sp³-hybridized carbons (Fsp3) is 0.316. The van der Waals surface area contributed by atoms with E-state index in [4.69, 9.17) is 4.74 Å². The highest BCUT2D eigenvalue weighted by atomic mass is 79.9. The van der Waals surface area contributed by atoms with Crippen molar-refractivity contribution >= 4 is 27.5 Å². The molecular formula is C19H18BrNO3. The van der Waals surface area contributed by atoms with Crippen LogP contribution < -0.4 is 9.64 Å². The molecule has 1 amide bonds. The summed E-state index contributed by atoms with van der Waals surface area (Å²) in [4.78, 5) is 14.9. The summed E-state index contributed by atoms with van der Waals surface area (Å²) in [5.74, 6) is 1.05. The topological polar surface area (TPSA) is 49.8 Å². The number of carbonyl (C=O) groups excluding carboxylic acids is 1.